The van der Waals surface area contributed by atoms with Crippen molar-refractivity contribution < 1.29 is 37.1 Å². The molecule has 0 radical (unpaired) electrons. The van der Waals surface area contributed by atoms with Gasteiger partial charge in [-0.15, -0.1) is 11.3 Å². The molecule has 3 aromatic rings. The van der Waals surface area contributed by atoms with Crippen molar-refractivity contribution in [3.05, 3.63) is 47.5 Å². The van der Waals surface area contributed by atoms with E-state index in [2.05, 4.69) is 23.9 Å². The lowest BCUT2D eigenvalue weighted by Gasteiger charge is -2.31. The normalized spacial score (nSPS) is 27.0. The van der Waals surface area contributed by atoms with E-state index in [1.54, 1.807) is 7.11 Å². The van der Waals surface area contributed by atoms with Gasteiger partial charge in [0, 0.05) is 60.7 Å². The summed E-state index contributed by atoms with van der Waals surface area (Å²) in [6, 6.07) is 6.32. The van der Waals surface area contributed by atoms with Crippen molar-refractivity contribution in [1.82, 2.24) is 29.8 Å². The number of methoxy groups -OCH3 is 1. The van der Waals surface area contributed by atoms with Crippen LogP contribution in [0.3, 0.4) is 0 Å². The van der Waals surface area contributed by atoms with Gasteiger partial charge in [0.2, 0.25) is 27.7 Å². The van der Waals surface area contributed by atoms with Crippen molar-refractivity contribution in [3.63, 3.8) is 0 Å². The fourth-order valence-electron chi connectivity index (χ4n) is 8.82. The van der Waals surface area contributed by atoms with Crippen LogP contribution in [0, 0.1) is 11.8 Å². The van der Waals surface area contributed by atoms with Crippen LogP contribution in [0.15, 0.2) is 41.8 Å². The molecule has 14 nitrogen and oxygen atoms in total. The van der Waals surface area contributed by atoms with Crippen molar-refractivity contribution in [2.75, 3.05) is 26.7 Å². The van der Waals surface area contributed by atoms with Crippen LogP contribution in [-0.2, 0) is 29.2 Å². The number of nitrogens with one attached hydrogen (secondary N) is 2. The number of benzene rings is 1. The molecular formula is C44H56N6O8S2. The number of pyridine rings is 1. The minimum atomic E-state index is -3.89. The summed E-state index contributed by atoms with van der Waals surface area (Å²) in [5, 5.41) is 5.80. The van der Waals surface area contributed by atoms with Gasteiger partial charge in [0.15, 0.2) is 0 Å². The van der Waals surface area contributed by atoms with Crippen LogP contribution in [0.4, 0.5) is 0 Å². The lowest BCUT2D eigenvalue weighted by molar-refractivity contribution is -0.145. The summed E-state index contributed by atoms with van der Waals surface area (Å²) in [6.07, 6.45) is 11.2. The summed E-state index contributed by atoms with van der Waals surface area (Å²) >= 11 is 1.49. The Labute approximate surface area is 355 Å². The highest BCUT2D eigenvalue weighted by Crippen LogP contribution is 2.46. The molecule has 3 aliphatic heterocycles. The second-order valence-electron chi connectivity index (χ2n) is 17.5. The van der Waals surface area contributed by atoms with Crippen molar-refractivity contribution in [3.8, 4) is 22.2 Å². The Bertz CT molecular complexity index is 2270. The molecular weight excluding hydrogens is 805 g/mol. The number of hydrogen-bond acceptors (Lipinski definition) is 11. The second kappa shape index (κ2) is 17.4. The second-order valence-corrected chi connectivity index (χ2v) is 20.3. The molecule has 2 saturated carbocycles. The van der Waals surface area contributed by atoms with E-state index in [0.29, 0.717) is 60.4 Å². The van der Waals surface area contributed by atoms with E-state index in [1.807, 2.05) is 46.7 Å². The third-order valence-corrected chi connectivity index (χ3v) is 15.4. The van der Waals surface area contributed by atoms with Crippen molar-refractivity contribution in [2.45, 2.75) is 126 Å². The number of piperidine rings is 1. The quantitative estimate of drug-likeness (QED) is 0.235. The van der Waals surface area contributed by atoms with Crippen LogP contribution in [0.1, 0.15) is 109 Å². The number of likely N-dealkylation sites (tertiary alicyclic amines) is 1. The number of sulfonamides is 1. The van der Waals surface area contributed by atoms with E-state index < -0.39 is 56.6 Å². The average molecular weight is 861 g/mol. The highest BCUT2D eigenvalue weighted by atomic mass is 32.2. The Morgan fingerprint density at radius 3 is 2.55 bits per heavy atom. The number of hydrogen-bond donors (Lipinski definition) is 2. The van der Waals surface area contributed by atoms with Gasteiger partial charge in [-0.1, -0.05) is 38.8 Å². The Kier molecular flexibility index (Phi) is 12.2. The van der Waals surface area contributed by atoms with Crippen LogP contribution in [0.5, 0.6) is 11.5 Å². The minimum Gasteiger partial charge on any atom is -0.497 e. The first kappa shape index (κ1) is 42.1. The number of fused-ring (bicyclic) bond motifs is 3. The Balaban J connectivity index is 1.13. The van der Waals surface area contributed by atoms with Gasteiger partial charge >= 0.3 is 0 Å². The monoisotopic (exact) mass is 860 g/mol. The molecule has 8 rings (SSSR count). The summed E-state index contributed by atoms with van der Waals surface area (Å²) in [6.45, 7) is 5.57. The maximum absolute atomic E-state index is 14.9. The molecule has 2 saturated heterocycles. The van der Waals surface area contributed by atoms with E-state index in [4.69, 9.17) is 19.4 Å². The number of thiazole rings is 1. The Morgan fingerprint density at radius 2 is 1.82 bits per heavy atom. The van der Waals surface area contributed by atoms with Crippen LogP contribution < -0.4 is 19.5 Å². The Hall–Kier alpha value is -4.57. The molecule has 4 amide bonds. The summed E-state index contributed by atoms with van der Waals surface area (Å²) in [7, 11) is -2.30. The standard InChI is InChI=1S/C44H56N6O8S2/c1-27(2)36-26-59-41(46-36)35-23-38(33-17-14-30(57-3)21-34(33)45-35)58-31-22-37-40(52)47-44(43(54)48-60(55,56)32-15-16-32)24-29(44)13-9-6-4-5-8-12-28(42(53)50(37)25-31)20-39(51)49-18-10-7-11-19-49/h9,13-14,17,21,23,26-29,31-32,37H,4-8,10-12,15-16,18-20,22,24-25H2,1-3H3,(H,47,52)(H,48,54)/b13-9-/t28-,29?,31-,37+,44-/m1/s1. The fourth-order valence-corrected chi connectivity index (χ4v) is 11.1. The number of carbonyl (C=O) groups excluding carboxylic acids is 4. The first-order valence-electron chi connectivity index (χ1n) is 21.6. The molecule has 322 valence electrons. The number of rotatable bonds is 10. The summed E-state index contributed by atoms with van der Waals surface area (Å²) in [5.41, 5.74) is 0.712. The highest BCUT2D eigenvalue weighted by molar-refractivity contribution is 7.91. The molecule has 1 unspecified atom stereocenters. The number of aromatic nitrogens is 2. The predicted octanol–water partition coefficient (Wildman–Crippen LogP) is 5.86. The van der Waals surface area contributed by atoms with Crippen molar-refractivity contribution in [1.29, 1.82) is 0 Å². The minimum absolute atomic E-state index is 0.0505. The van der Waals surface area contributed by atoms with Crippen LogP contribution in [-0.4, -0.2) is 101 Å². The van der Waals surface area contributed by atoms with E-state index >= 15 is 0 Å². The number of carbonyl (C=O) groups is 4. The van der Waals surface area contributed by atoms with Crippen LogP contribution in [0.2, 0.25) is 0 Å². The molecule has 5 aliphatic rings. The maximum atomic E-state index is 14.9. The van der Waals surface area contributed by atoms with Gasteiger partial charge < -0.3 is 24.6 Å². The number of allylic oxidation sites excluding steroid dienone is 1. The zero-order chi connectivity index (χ0) is 42.2. The first-order valence-corrected chi connectivity index (χ1v) is 24.0. The van der Waals surface area contributed by atoms with Gasteiger partial charge in [-0.25, -0.2) is 18.4 Å². The largest absolute Gasteiger partial charge is 0.497 e. The Morgan fingerprint density at radius 1 is 1.03 bits per heavy atom. The topological polar surface area (TPSA) is 177 Å². The smallest absolute Gasteiger partial charge is 0.259 e. The molecule has 5 heterocycles. The van der Waals surface area contributed by atoms with Crippen molar-refractivity contribution >= 4 is 55.9 Å². The maximum Gasteiger partial charge on any atom is 0.259 e. The lowest BCUT2D eigenvalue weighted by Crippen LogP contribution is -2.57. The molecule has 0 spiro atoms. The number of ether oxygens (including phenoxy) is 2. The lowest BCUT2D eigenvalue weighted by atomic mass is 9.94. The average Bonchev–Trinajstić information content (AvgIpc) is 4.11. The predicted molar refractivity (Wildman–Crippen MR) is 228 cm³/mol. The molecule has 5 atom stereocenters. The van der Waals surface area contributed by atoms with Crippen LogP contribution in [0.25, 0.3) is 21.6 Å². The van der Waals surface area contributed by atoms with E-state index in [0.717, 1.165) is 55.6 Å². The zero-order valence-electron chi connectivity index (χ0n) is 34.7. The summed E-state index contributed by atoms with van der Waals surface area (Å²) in [5.74, 6) is -1.37. The van der Waals surface area contributed by atoms with Gasteiger partial charge in [-0.05, 0) is 75.8 Å². The molecule has 60 heavy (non-hydrogen) atoms. The van der Waals surface area contributed by atoms with E-state index in [-0.39, 0.29) is 43.5 Å². The summed E-state index contributed by atoms with van der Waals surface area (Å²) < 4.78 is 40.5. The molecule has 1 aromatic carbocycles. The van der Waals surface area contributed by atoms with Gasteiger partial charge in [0.1, 0.15) is 39.9 Å². The third kappa shape index (κ3) is 9.04. The van der Waals surface area contributed by atoms with Gasteiger partial charge in [-0.3, -0.25) is 23.9 Å². The number of amides is 4. The molecule has 0 bridgehead atoms. The van der Waals surface area contributed by atoms with Gasteiger partial charge in [-0.2, -0.15) is 0 Å². The van der Waals surface area contributed by atoms with Crippen molar-refractivity contribution in [2.24, 2.45) is 11.8 Å². The molecule has 2 aromatic heterocycles. The van der Waals surface area contributed by atoms with Gasteiger partial charge in [0.05, 0.1) is 30.1 Å². The third-order valence-electron chi connectivity index (χ3n) is 12.7. The molecule has 2 aliphatic carbocycles. The van der Waals surface area contributed by atoms with E-state index in [1.165, 1.54) is 16.2 Å². The SMILES string of the molecule is COc1ccc2c(O[C@@H]3C[C@H]4C(=O)N[C@]5(C(=O)NS(=O)(=O)C6CC6)CC5/C=C\CCCCC[C@H](CC(=O)N5CCCCC5)C(=O)N4C3)cc(-c3nc(C(C)C)cs3)nc2c1. The number of nitrogens with zero attached hydrogens (tertiary/aromatic N) is 4. The summed E-state index contributed by atoms with van der Waals surface area (Å²) in [4.78, 5) is 70.3. The fraction of sp³-hybridized carbons (Fsp3) is 0.591. The van der Waals surface area contributed by atoms with Crippen LogP contribution >= 0.6 is 11.3 Å². The van der Waals surface area contributed by atoms with E-state index in [9.17, 15) is 27.6 Å². The van der Waals surface area contributed by atoms with Gasteiger partial charge in [0.25, 0.3) is 5.91 Å². The molecule has 16 heteroatoms. The molecule has 4 fully saturated rings. The first-order chi connectivity index (χ1) is 28.8. The zero-order valence-corrected chi connectivity index (χ0v) is 36.3. The highest BCUT2D eigenvalue weighted by Gasteiger charge is 2.62. The molecule has 2 N–H and O–H groups in total.